The van der Waals surface area contributed by atoms with Crippen LogP contribution in [0.5, 0.6) is 0 Å². The van der Waals surface area contributed by atoms with Crippen LogP contribution in [0.1, 0.15) is 12.8 Å². The zero-order valence-electron chi connectivity index (χ0n) is 7.45. The van der Waals surface area contributed by atoms with Crippen molar-refractivity contribution in [3.05, 3.63) is 37.5 Å². The van der Waals surface area contributed by atoms with Gasteiger partial charge in [-0.15, -0.1) is 13.2 Å². The monoisotopic (exact) mass is 176 g/mol. The first kappa shape index (κ1) is 9.65. The van der Waals surface area contributed by atoms with Gasteiger partial charge in [-0.25, -0.2) is 0 Å². The average Bonchev–Trinajstić information content (AvgIpc) is 2.35. The van der Waals surface area contributed by atoms with Crippen molar-refractivity contribution in [2.75, 3.05) is 0 Å². The van der Waals surface area contributed by atoms with Crippen molar-refractivity contribution >= 4 is 11.6 Å². The molecule has 0 amide bonds. The fourth-order valence-electron chi connectivity index (χ4n) is 1.57. The molecule has 1 rings (SSSR count). The first-order valence-electron chi connectivity index (χ1n) is 4.16. The number of ketones is 2. The average molecular weight is 176 g/mol. The molecule has 0 spiro atoms. The summed E-state index contributed by atoms with van der Waals surface area (Å²) < 4.78 is 0. The van der Waals surface area contributed by atoms with Gasteiger partial charge in [-0.05, 0) is 25.0 Å². The van der Waals surface area contributed by atoms with E-state index in [1.807, 2.05) is 0 Å². The van der Waals surface area contributed by atoms with E-state index < -0.39 is 5.41 Å². The maximum absolute atomic E-state index is 11.5. The third-order valence-electron chi connectivity index (χ3n) is 2.32. The molecule has 1 aliphatic carbocycles. The minimum absolute atomic E-state index is 0.127. The number of carbonyl (C=O) groups excluding carboxylic acids is 2. The minimum atomic E-state index is -0.913. The third-order valence-corrected chi connectivity index (χ3v) is 2.32. The lowest BCUT2D eigenvalue weighted by Crippen LogP contribution is -2.32. The molecule has 0 atom stereocenters. The number of allylic oxidation sites excluding steroid dienone is 4. The van der Waals surface area contributed by atoms with E-state index in [1.165, 1.54) is 12.2 Å². The predicted octanol–water partition coefficient (Wildman–Crippen LogP) is 1.83. The molecule has 68 valence electrons. The summed E-state index contributed by atoms with van der Waals surface area (Å²) in [7, 11) is 0. The molecule has 0 saturated heterocycles. The molecule has 0 aromatic rings. The quantitative estimate of drug-likeness (QED) is 0.483. The number of rotatable bonds is 4. The molecular weight excluding hydrogens is 164 g/mol. The lowest BCUT2D eigenvalue weighted by atomic mass is 9.77. The fourth-order valence-corrected chi connectivity index (χ4v) is 1.57. The van der Waals surface area contributed by atoms with E-state index in [0.29, 0.717) is 12.8 Å². The SMILES string of the molecule is C=CCC1(CC=C)C(=O)C=CC1=O. The summed E-state index contributed by atoms with van der Waals surface area (Å²) in [5, 5.41) is 0. The largest absolute Gasteiger partial charge is 0.294 e. The van der Waals surface area contributed by atoms with E-state index in [-0.39, 0.29) is 11.6 Å². The summed E-state index contributed by atoms with van der Waals surface area (Å²) in [5.41, 5.74) is -0.913. The molecule has 0 aliphatic heterocycles. The van der Waals surface area contributed by atoms with Crippen molar-refractivity contribution in [1.82, 2.24) is 0 Å². The zero-order valence-corrected chi connectivity index (χ0v) is 7.45. The Kier molecular flexibility index (Phi) is 2.61. The summed E-state index contributed by atoms with van der Waals surface area (Å²) >= 11 is 0. The van der Waals surface area contributed by atoms with Gasteiger partial charge in [-0.2, -0.15) is 0 Å². The smallest absolute Gasteiger partial charge is 0.170 e. The van der Waals surface area contributed by atoms with Gasteiger partial charge >= 0.3 is 0 Å². The van der Waals surface area contributed by atoms with Crippen molar-refractivity contribution < 1.29 is 9.59 Å². The second-order valence-electron chi connectivity index (χ2n) is 3.13. The highest BCUT2D eigenvalue weighted by Gasteiger charge is 2.43. The highest BCUT2D eigenvalue weighted by atomic mass is 16.2. The Morgan fingerprint density at radius 3 is 1.77 bits per heavy atom. The van der Waals surface area contributed by atoms with Crippen molar-refractivity contribution in [3.8, 4) is 0 Å². The standard InChI is InChI=1S/C11H12O2/c1-3-7-11(8-4-2)9(12)5-6-10(11)13/h3-6H,1-2,7-8H2. The highest BCUT2D eigenvalue weighted by Crippen LogP contribution is 2.34. The molecule has 1 aliphatic rings. The summed E-state index contributed by atoms with van der Waals surface area (Å²) in [4.78, 5) is 23.0. The summed E-state index contributed by atoms with van der Waals surface area (Å²) in [6, 6.07) is 0. The lowest BCUT2D eigenvalue weighted by Gasteiger charge is -2.21. The van der Waals surface area contributed by atoms with Gasteiger partial charge in [0.1, 0.15) is 5.41 Å². The highest BCUT2D eigenvalue weighted by molar-refractivity contribution is 6.22. The zero-order chi connectivity index (χ0) is 9.90. The van der Waals surface area contributed by atoms with Crippen molar-refractivity contribution in [2.45, 2.75) is 12.8 Å². The molecule has 0 aromatic carbocycles. The van der Waals surface area contributed by atoms with Crippen LogP contribution in [0.4, 0.5) is 0 Å². The van der Waals surface area contributed by atoms with Crippen LogP contribution in [0.15, 0.2) is 37.5 Å². The van der Waals surface area contributed by atoms with Gasteiger partial charge in [0.25, 0.3) is 0 Å². The molecule has 2 heteroatoms. The Hall–Kier alpha value is -1.44. The molecule has 0 N–H and O–H groups in total. The van der Waals surface area contributed by atoms with Gasteiger partial charge < -0.3 is 0 Å². The Balaban J connectivity index is 3.02. The Morgan fingerprint density at radius 2 is 1.46 bits per heavy atom. The van der Waals surface area contributed by atoms with Gasteiger partial charge in [0.05, 0.1) is 0 Å². The van der Waals surface area contributed by atoms with Gasteiger partial charge in [-0.3, -0.25) is 9.59 Å². The molecule has 13 heavy (non-hydrogen) atoms. The summed E-state index contributed by atoms with van der Waals surface area (Å²) in [5.74, 6) is -0.255. The Bertz CT molecular complexity index is 267. The van der Waals surface area contributed by atoms with Crippen LogP contribution in [0.3, 0.4) is 0 Å². The number of carbonyl (C=O) groups is 2. The van der Waals surface area contributed by atoms with E-state index in [1.54, 1.807) is 12.2 Å². The molecule has 0 bridgehead atoms. The van der Waals surface area contributed by atoms with Crippen LogP contribution in [-0.4, -0.2) is 11.6 Å². The topological polar surface area (TPSA) is 34.1 Å². The molecule has 0 aromatic heterocycles. The van der Waals surface area contributed by atoms with Crippen LogP contribution in [0.25, 0.3) is 0 Å². The predicted molar refractivity (Wildman–Crippen MR) is 51.2 cm³/mol. The molecule has 0 fully saturated rings. The Labute approximate surface area is 77.6 Å². The second kappa shape index (κ2) is 3.52. The van der Waals surface area contributed by atoms with E-state index in [9.17, 15) is 9.59 Å². The first-order chi connectivity index (χ1) is 6.17. The maximum atomic E-state index is 11.5. The van der Waals surface area contributed by atoms with Crippen LogP contribution >= 0.6 is 0 Å². The molecular formula is C11H12O2. The molecule has 0 unspecified atom stereocenters. The van der Waals surface area contributed by atoms with E-state index in [4.69, 9.17) is 0 Å². The van der Waals surface area contributed by atoms with Crippen LogP contribution < -0.4 is 0 Å². The van der Waals surface area contributed by atoms with Crippen LogP contribution in [-0.2, 0) is 9.59 Å². The second-order valence-corrected chi connectivity index (χ2v) is 3.13. The van der Waals surface area contributed by atoms with Crippen LogP contribution in [0, 0.1) is 5.41 Å². The van der Waals surface area contributed by atoms with E-state index >= 15 is 0 Å². The van der Waals surface area contributed by atoms with Gasteiger partial charge in [0.2, 0.25) is 0 Å². The molecule has 2 nitrogen and oxygen atoms in total. The fraction of sp³-hybridized carbons (Fsp3) is 0.273. The normalized spacial score (nSPS) is 19.1. The summed E-state index contributed by atoms with van der Waals surface area (Å²) in [6.07, 6.45) is 6.68. The third kappa shape index (κ3) is 1.39. The van der Waals surface area contributed by atoms with Gasteiger partial charge in [0, 0.05) is 0 Å². The first-order valence-corrected chi connectivity index (χ1v) is 4.16. The maximum Gasteiger partial charge on any atom is 0.170 e. The van der Waals surface area contributed by atoms with E-state index in [0.717, 1.165) is 0 Å². The molecule has 0 saturated carbocycles. The van der Waals surface area contributed by atoms with Gasteiger partial charge in [-0.1, -0.05) is 12.2 Å². The number of hydrogen-bond donors (Lipinski definition) is 0. The minimum Gasteiger partial charge on any atom is -0.294 e. The Morgan fingerprint density at radius 1 is 1.08 bits per heavy atom. The van der Waals surface area contributed by atoms with Crippen molar-refractivity contribution in [3.63, 3.8) is 0 Å². The van der Waals surface area contributed by atoms with Crippen molar-refractivity contribution in [2.24, 2.45) is 5.41 Å². The summed E-state index contributed by atoms with van der Waals surface area (Å²) in [6.45, 7) is 7.11. The van der Waals surface area contributed by atoms with Crippen LogP contribution in [0.2, 0.25) is 0 Å². The lowest BCUT2D eigenvalue weighted by molar-refractivity contribution is -0.133. The molecule has 0 radical (unpaired) electrons. The number of hydrogen-bond acceptors (Lipinski definition) is 2. The molecule has 0 heterocycles. The van der Waals surface area contributed by atoms with E-state index in [2.05, 4.69) is 13.2 Å². The van der Waals surface area contributed by atoms with Gasteiger partial charge in [0.15, 0.2) is 11.6 Å². The van der Waals surface area contributed by atoms with Crippen molar-refractivity contribution in [1.29, 1.82) is 0 Å².